The lowest BCUT2D eigenvalue weighted by molar-refractivity contribution is 0.148. The van der Waals surface area contributed by atoms with Gasteiger partial charge >= 0.3 is 0 Å². The van der Waals surface area contributed by atoms with E-state index in [9.17, 15) is 0 Å². The third-order valence-corrected chi connectivity index (χ3v) is 4.86. The Hall–Kier alpha value is -1.29. The first-order chi connectivity index (χ1) is 10.5. The summed E-state index contributed by atoms with van der Waals surface area (Å²) in [6, 6.07) is 10.4. The molecule has 1 aliphatic rings. The highest BCUT2D eigenvalue weighted by molar-refractivity contribution is 6.30. The minimum atomic E-state index is 0.781. The Kier molecular flexibility index (Phi) is 4.57. The maximum atomic E-state index is 6.00. The summed E-state index contributed by atoms with van der Waals surface area (Å²) in [6.45, 7) is 10.1. The maximum absolute atomic E-state index is 6.00. The molecule has 0 radical (unpaired) electrons. The molecule has 3 rings (SSSR count). The first kappa shape index (κ1) is 15.6. The smallest absolute Gasteiger partial charge is 0.0456 e. The number of halogens is 1. The van der Waals surface area contributed by atoms with E-state index < -0.39 is 0 Å². The van der Waals surface area contributed by atoms with Crippen LogP contribution in [0, 0.1) is 13.8 Å². The Morgan fingerprint density at radius 2 is 1.64 bits per heavy atom. The number of piperazine rings is 1. The van der Waals surface area contributed by atoms with Gasteiger partial charge in [0.1, 0.15) is 0 Å². The first-order valence-corrected chi connectivity index (χ1v) is 8.27. The van der Waals surface area contributed by atoms with Gasteiger partial charge in [0.15, 0.2) is 0 Å². The fraction of sp³-hybridized carbons (Fsp3) is 0.444. The summed E-state index contributed by atoms with van der Waals surface area (Å²) in [7, 11) is 2.20. The molecule has 1 fully saturated rings. The van der Waals surface area contributed by atoms with Crippen LogP contribution in [0.25, 0.3) is 5.69 Å². The van der Waals surface area contributed by atoms with Gasteiger partial charge in [-0.15, -0.1) is 0 Å². The quantitative estimate of drug-likeness (QED) is 0.858. The zero-order valence-electron chi connectivity index (χ0n) is 13.6. The van der Waals surface area contributed by atoms with Gasteiger partial charge in [0.05, 0.1) is 0 Å². The average molecular weight is 318 g/mol. The van der Waals surface area contributed by atoms with Gasteiger partial charge in [-0.05, 0) is 56.8 Å². The number of hydrogen-bond acceptors (Lipinski definition) is 2. The molecular weight excluding hydrogens is 294 g/mol. The lowest BCUT2D eigenvalue weighted by Gasteiger charge is -2.32. The van der Waals surface area contributed by atoms with E-state index in [2.05, 4.69) is 53.5 Å². The predicted octanol–water partition coefficient (Wildman–Crippen LogP) is 3.49. The largest absolute Gasteiger partial charge is 0.318 e. The van der Waals surface area contributed by atoms with E-state index in [0.29, 0.717) is 0 Å². The van der Waals surface area contributed by atoms with Gasteiger partial charge in [0.2, 0.25) is 0 Å². The van der Waals surface area contributed by atoms with Crippen molar-refractivity contribution in [3.8, 4) is 5.69 Å². The second-order valence-electron chi connectivity index (χ2n) is 6.29. The zero-order chi connectivity index (χ0) is 15.7. The molecule has 0 unspecified atom stereocenters. The summed E-state index contributed by atoms with van der Waals surface area (Å²) in [4.78, 5) is 4.95. The highest BCUT2D eigenvalue weighted by Crippen LogP contribution is 2.23. The molecule has 1 aromatic carbocycles. The Morgan fingerprint density at radius 3 is 2.27 bits per heavy atom. The molecule has 1 aliphatic heterocycles. The molecule has 1 saturated heterocycles. The molecule has 4 heteroatoms. The molecule has 0 amide bonds. The van der Waals surface area contributed by atoms with Gasteiger partial charge < -0.3 is 9.47 Å². The van der Waals surface area contributed by atoms with Crippen molar-refractivity contribution >= 4 is 11.6 Å². The molecule has 3 nitrogen and oxygen atoms in total. The predicted molar refractivity (Wildman–Crippen MR) is 93.0 cm³/mol. The first-order valence-electron chi connectivity index (χ1n) is 7.89. The molecule has 2 aromatic rings. The van der Waals surface area contributed by atoms with Crippen molar-refractivity contribution in [3.63, 3.8) is 0 Å². The van der Waals surface area contributed by atoms with Crippen molar-refractivity contribution < 1.29 is 0 Å². The van der Waals surface area contributed by atoms with Gasteiger partial charge in [-0.2, -0.15) is 0 Å². The molecule has 0 N–H and O–H groups in total. The van der Waals surface area contributed by atoms with Crippen LogP contribution in [0.5, 0.6) is 0 Å². The number of benzene rings is 1. The van der Waals surface area contributed by atoms with Gasteiger partial charge in [-0.1, -0.05) is 11.6 Å². The lowest BCUT2D eigenvalue weighted by atomic mass is 10.2. The van der Waals surface area contributed by atoms with Crippen molar-refractivity contribution in [2.24, 2.45) is 0 Å². The van der Waals surface area contributed by atoms with Crippen LogP contribution in [0.3, 0.4) is 0 Å². The minimum absolute atomic E-state index is 0.781. The highest BCUT2D eigenvalue weighted by atomic mass is 35.5. The SMILES string of the molecule is Cc1cc(CN2CCN(C)CC2)c(C)n1-c1ccc(Cl)cc1. The molecule has 2 heterocycles. The maximum Gasteiger partial charge on any atom is 0.0456 e. The molecule has 0 atom stereocenters. The monoisotopic (exact) mass is 317 g/mol. The van der Waals surface area contributed by atoms with Crippen LogP contribution < -0.4 is 0 Å². The molecule has 0 spiro atoms. The van der Waals surface area contributed by atoms with Crippen LogP contribution in [0.15, 0.2) is 30.3 Å². The van der Waals surface area contributed by atoms with Crippen molar-refractivity contribution in [1.82, 2.24) is 14.4 Å². The number of likely N-dealkylation sites (N-methyl/N-ethyl adjacent to an activating group) is 1. The van der Waals surface area contributed by atoms with Crippen LogP contribution in [0.4, 0.5) is 0 Å². The second-order valence-corrected chi connectivity index (χ2v) is 6.72. The lowest BCUT2D eigenvalue weighted by Crippen LogP contribution is -2.43. The highest BCUT2D eigenvalue weighted by Gasteiger charge is 2.17. The summed E-state index contributed by atoms with van der Waals surface area (Å²) in [6.07, 6.45) is 0. The summed E-state index contributed by atoms with van der Waals surface area (Å²) >= 11 is 6.00. The third kappa shape index (κ3) is 3.22. The van der Waals surface area contributed by atoms with Crippen LogP contribution in [-0.4, -0.2) is 47.6 Å². The normalized spacial score (nSPS) is 17.1. The van der Waals surface area contributed by atoms with Crippen molar-refractivity contribution in [2.45, 2.75) is 20.4 Å². The van der Waals surface area contributed by atoms with E-state index >= 15 is 0 Å². The molecule has 0 bridgehead atoms. The van der Waals surface area contributed by atoms with Gasteiger partial charge in [-0.3, -0.25) is 4.90 Å². The van der Waals surface area contributed by atoms with E-state index in [-0.39, 0.29) is 0 Å². The van der Waals surface area contributed by atoms with Crippen LogP contribution in [0.2, 0.25) is 5.02 Å². The van der Waals surface area contributed by atoms with Gasteiger partial charge in [0.25, 0.3) is 0 Å². The average Bonchev–Trinajstić information content (AvgIpc) is 2.77. The van der Waals surface area contributed by atoms with E-state index in [1.165, 1.54) is 22.6 Å². The van der Waals surface area contributed by atoms with Crippen molar-refractivity contribution in [3.05, 3.63) is 52.3 Å². The summed E-state index contributed by atoms with van der Waals surface area (Å²) in [5.41, 5.74) is 5.23. The summed E-state index contributed by atoms with van der Waals surface area (Å²) in [5.74, 6) is 0. The van der Waals surface area contributed by atoms with Crippen molar-refractivity contribution in [1.29, 1.82) is 0 Å². The number of rotatable bonds is 3. The Labute approximate surface area is 138 Å². The van der Waals surface area contributed by atoms with Gasteiger partial charge in [0, 0.05) is 54.8 Å². The topological polar surface area (TPSA) is 11.4 Å². The summed E-state index contributed by atoms with van der Waals surface area (Å²) < 4.78 is 2.32. The van der Waals surface area contributed by atoms with E-state index in [4.69, 9.17) is 11.6 Å². The fourth-order valence-electron chi connectivity index (χ4n) is 3.22. The number of hydrogen-bond donors (Lipinski definition) is 0. The molecular formula is C18H24ClN3. The molecule has 1 aromatic heterocycles. The van der Waals surface area contributed by atoms with E-state index in [0.717, 1.165) is 37.7 Å². The molecule has 0 saturated carbocycles. The molecule has 118 valence electrons. The van der Waals surface area contributed by atoms with Gasteiger partial charge in [-0.25, -0.2) is 0 Å². The Morgan fingerprint density at radius 1 is 1.00 bits per heavy atom. The third-order valence-electron chi connectivity index (χ3n) is 4.61. The van der Waals surface area contributed by atoms with E-state index in [1.807, 2.05) is 12.1 Å². The Bertz CT molecular complexity index is 637. The van der Waals surface area contributed by atoms with E-state index in [1.54, 1.807) is 0 Å². The zero-order valence-corrected chi connectivity index (χ0v) is 14.4. The number of nitrogens with zero attached hydrogens (tertiary/aromatic N) is 3. The molecule has 22 heavy (non-hydrogen) atoms. The Balaban J connectivity index is 1.82. The standard InChI is InChI=1S/C18H24ClN3/c1-14-12-16(13-21-10-8-20(3)9-11-21)15(2)22(14)18-6-4-17(19)5-7-18/h4-7,12H,8-11,13H2,1-3H3. The number of aromatic nitrogens is 1. The minimum Gasteiger partial charge on any atom is -0.318 e. The van der Waals surface area contributed by atoms with Crippen molar-refractivity contribution in [2.75, 3.05) is 33.2 Å². The second kappa shape index (κ2) is 6.45. The number of aryl methyl sites for hydroxylation is 1. The van der Waals surface area contributed by atoms with Crippen LogP contribution >= 0.6 is 11.6 Å². The van der Waals surface area contributed by atoms with Crippen LogP contribution in [0.1, 0.15) is 17.0 Å². The fourth-order valence-corrected chi connectivity index (χ4v) is 3.35. The summed E-state index contributed by atoms with van der Waals surface area (Å²) in [5, 5.41) is 0.781. The molecule has 0 aliphatic carbocycles. The van der Waals surface area contributed by atoms with Crippen LogP contribution in [-0.2, 0) is 6.54 Å².